The van der Waals surface area contributed by atoms with E-state index in [9.17, 15) is 4.79 Å². The van der Waals surface area contributed by atoms with Crippen molar-refractivity contribution in [3.8, 4) is 5.75 Å². The van der Waals surface area contributed by atoms with Gasteiger partial charge < -0.3 is 15.8 Å². The van der Waals surface area contributed by atoms with E-state index in [2.05, 4.69) is 5.32 Å². The minimum absolute atomic E-state index is 0.00481. The average Bonchev–Trinajstić information content (AvgIpc) is 2.68. The van der Waals surface area contributed by atoms with Crippen molar-refractivity contribution in [2.45, 2.75) is 45.1 Å². The second-order valence-corrected chi connectivity index (χ2v) is 5.86. The smallest absolute Gasteiger partial charge is 0.224 e. The number of carbonyl (C=O) groups is 1. The summed E-state index contributed by atoms with van der Waals surface area (Å²) in [7, 11) is 0. The lowest BCUT2D eigenvalue weighted by Crippen LogP contribution is -2.42. The second kappa shape index (κ2) is 8.03. The number of carbonyl (C=O) groups excluding carboxylic acids is 1. The van der Waals surface area contributed by atoms with Gasteiger partial charge in [-0.05, 0) is 37.5 Å². The van der Waals surface area contributed by atoms with E-state index in [1.807, 2.05) is 31.2 Å². The summed E-state index contributed by atoms with van der Waals surface area (Å²) in [4.78, 5) is 12.2. The molecule has 0 radical (unpaired) electrons. The fraction of sp³-hybridized carbons (Fsp3) is 0.588. The topological polar surface area (TPSA) is 64.3 Å². The Morgan fingerprint density at radius 2 is 2.14 bits per heavy atom. The van der Waals surface area contributed by atoms with E-state index in [4.69, 9.17) is 10.5 Å². The van der Waals surface area contributed by atoms with Gasteiger partial charge in [0.2, 0.25) is 5.91 Å². The third-order valence-electron chi connectivity index (χ3n) is 4.07. The summed E-state index contributed by atoms with van der Waals surface area (Å²) in [6, 6.07) is 7.92. The van der Waals surface area contributed by atoms with Gasteiger partial charge in [0, 0.05) is 6.04 Å². The van der Waals surface area contributed by atoms with Crippen LogP contribution in [-0.4, -0.2) is 25.1 Å². The number of benzene rings is 1. The highest BCUT2D eigenvalue weighted by molar-refractivity contribution is 5.79. The van der Waals surface area contributed by atoms with Crippen molar-refractivity contribution in [3.63, 3.8) is 0 Å². The number of hydrogen-bond acceptors (Lipinski definition) is 3. The summed E-state index contributed by atoms with van der Waals surface area (Å²) >= 11 is 0. The molecule has 0 aromatic heterocycles. The molecule has 0 heterocycles. The van der Waals surface area contributed by atoms with Gasteiger partial charge in [0.15, 0.2) is 0 Å². The molecular weight excluding hydrogens is 264 g/mol. The minimum atomic E-state index is -0.0357. The van der Waals surface area contributed by atoms with E-state index < -0.39 is 0 Å². The van der Waals surface area contributed by atoms with E-state index in [1.54, 1.807) is 0 Å². The Kier molecular flexibility index (Phi) is 6.05. The SMILES string of the molecule is Cc1cccc(OCCNC(=O)C2CCCCCC2N)c1. The van der Waals surface area contributed by atoms with Crippen molar-refractivity contribution >= 4 is 5.91 Å². The van der Waals surface area contributed by atoms with Gasteiger partial charge >= 0.3 is 0 Å². The number of nitrogens with two attached hydrogens (primary N) is 1. The predicted molar refractivity (Wildman–Crippen MR) is 84.2 cm³/mol. The highest BCUT2D eigenvalue weighted by Crippen LogP contribution is 2.22. The Labute approximate surface area is 127 Å². The van der Waals surface area contributed by atoms with E-state index in [0.29, 0.717) is 13.2 Å². The van der Waals surface area contributed by atoms with Crippen LogP contribution < -0.4 is 15.8 Å². The zero-order valence-electron chi connectivity index (χ0n) is 12.8. The molecule has 1 aliphatic rings. The lowest BCUT2D eigenvalue weighted by atomic mass is 9.95. The van der Waals surface area contributed by atoms with Gasteiger partial charge in [-0.2, -0.15) is 0 Å². The number of hydrogen-bond donors (Lipinski definition) is 2. The molecule has 0 aliphatic heterocycles. The Bertz CT molecular complexity index is 462. The van der Waals surface area contributed by atoms with E-state index in [-0.39, 0.29) is 17.9 Å². The van der Waals surface area contributed by atoms with Crippen LogP contribution in [0.25, 0.3) is 0 Å². The van der Waals surface area contributed by atoms with Crippen LogP contribution in [0.4, 0.5) is 0 Å². The van der Waals surface area contributed by atoms with Gasteiger partial charge in [-0.25, -0.2) is 0 Å². The summed E-state index contributed by atoms with van der Waals surface area (Å²) in [5, 5.41) is 2.95. The normalized spacial score (nSPS) is 22.4. The first-order valence-electron chi connectivity index (χ1n) is 7.89. The van der Waals surface area contributed by atoms with Crippen molar-refractivity contribution in [1.29, 1.82) is 0 Å². The highest BCUT2D eigenvalue weighted by Gasteiger charge is 2.26. The molecule has 4 nitrogen and oxygen atoms in total. The molecule has 2 rings (SSSR count). The molecule has 2 unspecified atom stereocenters. The maximum absolute atomic E-state index is 12.2. The third-order valence-corrected chi connectivity index (χ3v) is 4.07. The Morgan fingerprint density at radius 3 is 2.95 bits per heavy atom. The number of aryl methyl sites for hydroxylation is 1. The van der Waals surface area contributed by atoms with Crippen molar-refractivity contribution < 1.29 is 9.53 Å². The van der Waals surface area contributed by atoms with Gasteiger partial charge in [-0.15, -0.1) is 0 Å². The zero-order chi connectivity index (χ0) is 15.1. The van der Waals surface area contributed by atoms with Gasteiger partial charge in [0.1, 0.15) is 12.4 Å². The monoisotopic (exact) mass is 290 g/mol. The number of nitrogens with one attached hydrogen (secondary N) is 1. The Morgan fingerprint density at radius 1 is 1.33 bits per heavy atom. The number of amides is 1. The predicted octanol–water partition coefficient (Wildman–Crippen LogP) is 2.40. The quantitative estimate of drug-likeness (QED) is 0.646. The lowest BCUT2D eigenvalue weighted by Gasteiger charge is -2.20. The third kappa shape index (κ3) is 5.05. The standard InChI is InChI=1S/C17H26N2O2/c1-13-6-5-7-14(12-13)21-11-10-19-17(20)15-8-3-2-4-9-16(15)18/h5-7,12,15-16H,2-4,8-11,18H2,1H3,(H,19,20). The number of ether oxygens (including phenoxy) is 1. The Hall–Kier alpha value is -1.55. The molecule has 116 valence electrons. The van der Waals surface area contributed by atoms with Crippen molar-refractivity contribution in [2.24, 2.45) is 11.7 Å². The summed E-state index contributed by atoms with van der Waals surface area (Å²) in [6.45, 7) is 3.04. The molecule has 21 heavy (non-hydrogen) atoms. The molecule has 0 saturated heterocycles. The fourth-order valence-electron chi connectivity index (χ4n) is 2.84. The maximum Gasteiger partial charge on any atom is 0.224 e. The van der Waals surface area contributed by atoms with Gasteiger partial charge in [0.25, 0.3) is 0 Å². The van der Waals surface area contributed by atoms with Crippen molar-refractivity contribution in [2.75, 3.05) is 13.2 Å². The maximum atomic E-state index is 12.2. The molecule has 0 bridgehead atoms. The first-order chi connectivity index (χ1) is 10.2. The van der Waals surface area contributed by atoms with Gasteiger partial charge in [-0.3, -0.25) is 4.79 Å². The molecule has 1 aliphatic carbocycles. The molecule has 2 atom stereocenters. The molecule has 1 aromatic rings. The average molecular weight is 290 g/mol. The molecule has 1 fully saturated rings. The molecule has 1 amide bonds. The van der Waals surface area contributed by atoms with Gasteiger partial charge in [0.05, 0.1) is 12.5 Å². The summed E-state index contributed by atoms with van der Waals surface area (Å²) in [6.07, 6.45) is 5.30. The molecule has 3 N–H and O–H groups in total. The van der Waals surface area contributed by atoms with Crippen LogP contribution in [-0.2, 0) is 4.79 Å². The number of rotatable bonds is 5. The first kappa shape index (κ1) is 15.8. The van der Waals surface area contributed by atoms with Crippen LogP contribution in [0.15, 0.2) is 24.3 Å². The summed E-state index contributed by atoms with van der Waals surface area (Å²) in [5.41, 5.74) is 7.27. The lowest BCUT2D eigenvalue weighted by molar-refractivity contribution is -0.125. The van der Waals surface area contributed by atoms with E-state index >= 15 is 0 Å². The molecule has 1 saturated carbocycles. The Balaban J connectivity index is 1.71. The van der Waals surface area contributed by atoms with Crippen molar-refractivity contribution in [3.05, 3.63) is 29.8 Å². The van der Waals surface area contributed by atoms with Crippen LogP contribution in [0.2, 0.25) is 0 Å². The van der Waals surface area contributed by atoms with Crippen LogP contribution >= 0.6 is 0 Å². The van der Waals surface area contributed by atoms with Crippen LogP contribution in [0.5, 0.6) is 5.75 Å². The molecular formula is C17H26N2O2. The molecule has 1 aromatic carbocycles. The molecule has 0 spiro atoms. The summed E-state index contributed by atoms with van der Waals surface area (Å²) < 4.78 is 5.63. The van der Waals surface area contributed by atoms with Crippen LogP contribution in [0.3, 0.4) is 0 Å². The summed E-state index contributed by atoms with van der Waals surface area (Å²) in [5.74, 6) is 0.888. The highest BCUT2D eigenvalue weighted by atomic mass is 16.5. The van der Waals surface area contributed by atoms with E-state index in [1.165, 1.54) is 12.0 Å². The minimum Gasteiger partial charge on any atom is -0.492 e. The first-order valence-corrected chi connectivity index (χ1v) is 7.89. The van der Waals surface area contributed by atoms with Gasteiger partial charge in [-0.1, -0.05) is 31.4 Å². The van der Waals surface area contributed by atoms with Crippen LogP contribution in [0.1, 0.15) is 37.7 Å². The van der Waals surface area contributed by atoms with E-state index in [0.717, 1.165) is 31.4 Å². The van der Waals surface area contributed by atoms with Crippen LogP contribution in [0, 0.1) is 12.8 Å². The molecule has 4 heteroatoms. The largest absolute Gasteiger partial charge is 0.492 e. The van der Waals surface area contributed by atoms with Crippen molar-refractivity contribution in [1.82, 2.24) is 5.32 Å². The zero-order valence-corrected chi connectivity index (χ0v) is 12.8. The fourth-order valence-corrected chi connectivity index (χ4v) is 2.84. The second-order valence-electron chi connectivity index (χ2n) is 5.86.